The maximum Gasteiger partial charge on any atom is 0.274 e. The molecule has 3 fully saturated rings. The number of amides is 2. The first-order chi connectivity index (χ1) is 11.2. The second kappa shape index (κ2) is 5.96. The number of ether oxygens (including phenoxy) is 1. The molecule has 3 aliphatic rings. The van der Waals surface area contributed by atoms with E-state index < -0.39 is 0 Å². The van der Waals surface area contributed by atoms with Crippen LogP contribution in [0.5, 0.6) is 0 Å². The molecule has 2 aliphatic heterocycles. The third kappa shape index (κ3) is 2.97. The highest BCUT2D eigenvalue weighted by Gasteiger charge is 2.32. The Morgan fingerprint density at radius 1 is 1.13 bits per heavy atom. The van der Waals surface area contributed by atoms with Gasteiger partial charge in [-0.1, -0.05) is 0 Å². The molecule has 0 bridgehead atoms. The predicted octanol–water partition coefficient (Wildman–Crippen LogP) is 0.750. The van der Waals surface area contributed by atoms with E-state index in [1.165, 1.54) is 12.8 Å². The van der Waals surface area contributed by atoms with Crippen molar-refractivity contribution in [2.24, 2.45) is 0 Å². The highest BCUT2D eigenvalue weighted by molar-refractivity contribution is 5.92. The number of hydrogen-bond donors (Lipinski definition) is 1. The topological polar surface area (TPSA) is 78.5 Å². The van der Waals surface area contributed by atoms with Gasteiger partial charge < -0.3 is 14.5 Å². The van der Waals surface area contributed by atoms with E-state index in [2.05, 4.69) is 10.2 Å². The molecule has 7 nitrogen and oxygen atoms in total. The summed E-state index contributed by atoms with van der Waals surface area (Å²) in [4.78, 5) is 28.4. The molecule has 2 amide bonds. The number of carbonyl (C=O) groups is 2. The van der Waals surface area contributed by atoms with Crippen LogP contribution in [-0.2, 0) is 9.53 Å². The van der Waals surface area contributed by atoms with Gasteiger partial charge in [0.25, 0.3) is 11.8 Å². The molecule has 1 aromatic heterocycles. The van der Waals surface area contributed by atoms with E-state index in [1.54, 1.807) is 4.90 Å². The van der Waals surface area contributed by atoms with Crippen molar-refractivity contribution in [1.82, 2.24) is 20.0 Å². The summed E-state index contributed by atoms with van der Waals surface area (Å²) >= 11 is 0. The van der Waals surface area contributed by atoms with Gasteiger partial charge in [0.1, 0.15) is 11.8 Å². The first-order valence-corrected chi connectivity index (χ1v) is 8.47. The minimum absolute atomic E-state index is 0.0441. The van der Waals surface area contributed by atoms with Crippen molar-refractivity contribution in [3.63, 3.8) is 0 Å². The lowest BCUT2D eigenvalue weighted by atomic mass is 10.2. The molecule has 0 aromatic carbocycles. The Balaban J connectivity index is 1.33. The van der Waals surface area contributed by atoms with Gasteiger partial charge in [0.2, 0.25) is 0 Å². The molecule has 0 radical (unpaired) electrons. The molecule has 1 aliphatic carbocycles. The first kappa shape index (κ1) is 14.7. The van der Waals surface area contributed by atoms with Crippen LogP contribution in [0, 0.1) is 0 Å². The van der Waals surface area contributed by atoms with Crippen LogP contribution in [0.2, 0.25) is 0 Å². The lowest BCUT2D eigenvalue weighted by Gasteiger charge is -2.35. The van der Waals surface area contributed by atoms with Crippen LogP contribution in [-0.4, -0.2) is 70.7 Å². The third-order valence-electron chi connectivity index (χ3n) is 4.92. The Kier molecular flexibility index (Phi) is 3.80. The molecular formula is C16H22N4O3. The van der Waals surface area contributed by atoms with Crippen molar-refractivity contribution >= 4 is 11.8 Å². The second-order valence-electron chi connectivity index (χ2n) is 6.60. The van der Waals surface area contributed by atoms with Crippen LogP contribution in [0.1, 0.15) is 47.8 Å². The molecular weight excluding hydrogens is 296 g/mol. The Morgan fingerprint density at radius 3 is 2.52 bits per heavy atom. The van der Waals surface area contributed by atoms with Crippen molar-refractivity contribution < 1.29 is 14.3 Å². The minimum atomic E-state index is -0.273. The highest BCUT2D eigenvalue weighted by atomic mass is 16.5. The predicted molar refractivity (Wildman–Crippen MR) is 82.0 cm³/mol. The SMILES string of the molecule is O=C(c1cc(C2CC2)[nH]n1)N1CCN(C(=O)C2CCCO2)CC1. The standard InChI is InChI=1S/C16H22N4O3/c21-15(13-10-12(17-18-13)11-3-4-11)19-5-7-20(8-6-19)16(22)14-2-1-9-23-14/h10-11,14H,1-9H2,(H,17,18). The van der Waals surface area contributed by atoms with Gasteiger partial charge in [-0.05, 0) is 31.7 Å². The number of rotatable bonds is 3. The second-order valence-corrected chi connectivity index (χ2v) is 6.60. The van der Waals surface area contributed by atoms with Crippen LogP contribution in [0.3, 0.4) is 0 Å². The van der Waals surface area contributed by atoms with E-state index in [1.807, 2.05) is 11.0 Å². The number of piperazine rings is 1. The van der Waals surface area contributed by atoms with Gasteiger partial charge in [0.15, 0.2) is 0 Å². The van der Waals surface area contributed by atoms with E-state index >= 15 is 0 Å². The van der Waals surface area contributed by atoms with Crippen molar-refractivity contribution in [1.29, 1.82) is 0 Å². The third-order valence-corrected chi connectivity index (χ3v) is 4.92. The quantitative estimate of drug-likeness (QED) is 0.892. The molecule has 4 rings (SSSR count). The normalized spacial score (nSPS) is 25.0. The number of nitrogens with zero attached hydrogens (tertiary/aromatic N) is 3. The van der Waals surface area contributed by atoms with Gasteiger partial charge in [-0.3, -0.25) is 14.7 Å². The molecule has 0 spiro atoms. The molecule has 1 unspecified atom stereocenters. The fraction of sp³-hybridized carbons (Fsp3) is 0.688. The smallest absolute Gasteiger partial charge is 0.274 e. The molecule has 2 saturated heterocycles. The lowest BCUT2D eigenvalue weighted by Crippen LogP contribution is -2.52. The molecule has 23 heavy (non-hydrogen) atoms. The Labute approximate surface area is 135 Å². The zero-order valence-corrected chi connectivity index (χ0v) is 13.2. The molecule has 1 saturated carbocycles. The number of aromatic nitrogens is 2. The van der Waals surface area contributed by atoms with E-state index in [0.29, 0.717) is 44.4 Å². The van der Waals surface area contributed by atoms with Crippen LogP contribution >= 0.6 is 0 Å². The maximum absolute atomic E-state index is 12.5. The van der Waals surface area contributed by atoms with Gasteiger partial charge in [0, 0.05) is 44.4 Å². The fourth-order valence-electron chi connectivity index (χ4n) is 3.32. The summed E-state index contributed by atoms with van der Waals surface area (Å²) in [7, 11) is 0. The maximum atomic E-state index is 12.5. The zero-order chi connectivity index (χ0) is 15.8. The largest absolute Gasteiger partial charge is 0.368 e. The lowest BCUT2D eigenvalue weighted by molar-refractivity contribution is -0.142. The van der Waals surface area contributed by atoms with Gasteiger partial charge >= 0.3 is 0 Å². The van der Waals surface area contributed by atoms with Crippen LogP contribution in [0.25, 0.3) is 0 Å². The van der Waals surface area contributed by atoms with E-state index in [4.69, 9.17) is 4.74 Å². The average molecular weight is 318 g/mol. The first-order valence-electron chi connectivity index (χ1n) is 8.47. The number of nitrogens with one attached hydrogen (secondary N) is 1. The summed E-state index contributed by atoms with van der Waals surface area (Å²) in [5.74, 6) is 0.590. The van der Waals surface area contributed by atoms with Crippen molar-refractivity contribution in [3.05, 3.63) is 17.5 Å². The van der Waals surface area contributed by atoms with Crippen molar-refractivity contribution in [3.8, 4) is 0 Å². The van der Waals surface area contributed by atoms with Crippen molar-refractivity contribution in [2.45, 2.75) is 37.7 Å². The Hall–Kier alpha value is -1.89. The van der Waals surface area contributed by atoms with Gasteiger partial charge in [-0.25, -0.2) is 0 Å². The molecule has 7 heteroatoms. The summed E-state index contributed by atoms with van der Waals surface area (Å²) in [5.41, 5.74) is 1.56. The monoisotopic (exact) mass is 318 g/mol. The van der Waals surface area contributed by atoms with Gasteiger partial charge in [-0.2, -0.15) is 5.10 Å². The Bertz CT molecular complexity index is 596. The van der Waals surface area contributed by atoms with Gasteiger partial charge in [0.05, 0.1) is 0 Å². The van der Waals surface area contributed by atoms with Crippen LogP contribution in [0.15, 0.2) is 6.07 Å². The van der Waals surface area contributed by atoms with E-state index in [-0.39, 0.29) is 17.9 Å². The number of carbonyl (C=O) groups excluding carboxylic acids is 2. The number of hydrogen-bond acceptors (Lipinski definition) is 4. The summed E-state index contributed by atoms with van der Waals surface area (Å²) in [6, 6.07) is 1.88. The van der Waals surface area contributed by atoms with E-state index in [0.717, 1.165) is 18.5 Å². The van der Waals surface area contributed by atoms with Gasteiger partial charge in [-0.15, -0.1) is 0 Å². The summed E-state index contributed by atoms with van der Waals surface area (Å²) in [6.45, 7) is 2.94. The molecule has 1 aromatic rings. The summed E-state index contributed by atoms with van der Waals surface area (Å²) < 4.78 is 5.46. The Morgan fingerprint density at radius 2 is 1.87 bits per heavy atom. The molecule has 1 N–H and O–H groups in total. The fourth-order valence-corrected chi connectivity index (χ4v) is 3.32. The molecule has 1 atom stereocenters. The van der Waals surface area contributed by atoms with Crippen LogP contribution < -0.4 is 0 Å². The zero-order valence-electron chi connectivity index (χ0n) is 13.2. The summed E-state index contributed by atoms with van der Waals surface area (Å²) in [6.07, 6.45) is 3.86. The average Bonchev–Trinajstić information content (AvgIpc) is 3.10. The molecule has 3 heterocycles. The highest BCUT2D eigenvalue weighted by Crippen LogP contribution is 2.39. The summed E-state index contributed by atoms with van der Waals surface area (Å²) in [5, 5.41) is 7.13. The number of H-pyrrole nitrogens is 1. The minimum Gasteiger partial charge on any atom is -0.368 e. The van der Waals surface area contributed by atoms with E-state index in [9.17, 15) is 9.59 Å². The molecule has 124 valence electrons. The van der Waals surface area contributed by atoms with Crippen LogP contribution in [0.4, 0.5) is 0 Å². The van der Waals surface area contributed by atoms with Crippen molar-refractivity contribution in [2.75, 3.05) is 32.8 Å². The number of aromatic amines is 1.